The van der Waals surface area contributed by atoms with Crippen molar-refractivity contribution in [3.8, 4) is 0 Å². The summed E-state index contributed by atoms with van der Waals surface area (Å²) >= 11 is 3.16. The number of halogens is 1. The molecule has 1 heterocycles. The molecule has 3 N–H and O–H groups in total. The predicted molar refractivity (Wildman–Crippen MR) is 51.5 cm³/mol. The Morgan fingerprint density at radius 1 is 1.77 bits per heavy atom. The largest absolute Gasteiger partial charge is 0.478 e. The number of carboxylic acid groups (broad SMARTS) is 1. The molecule has 0 radical (unpaired) electrons. The molecule has 70 valence electrons. The Balaban J connectivity index is 3.26. The molecule has 1 unspecified atom stereocenters. The molecule has 0 fully saturated rings. The molecule has 0 bridgehead atoms. The van der Waals surface area contributed by atoms with Crippen molar-refractivity contribution in [3.63, 3.8) is 0 Å². The molecule has 1 aromatic heterocycles. The number of pyridine rings is 1. The first-order valence-corrected chi connectivity index (χ1v) is 4.46. The predicted octanol–water partition coefficient (Wildman–Crippen LogP) is 1.56. The van der Waals surface area contributed by atoms with E-state index in [1.54, 1.807) is 6.92 Å². The van der Waals surface area contributed by atoms with Gasteiger partial charge in [0.15, 0.2) is 0 Å². The molecule has 5 heteroatoms. The highest BCUT2D eigenvalue weighted by molar-refractivity contribution is 9.10. The molecule has 0 aromatic carbocycles. The van der Waals surface area contributed by atoms with Crippen molar-refractivity contribution in [3.05, 3.63) is 28.0 Å². The maximum atomic E-state index is 10.7. The van der Waals surface area contributed by atoms with Gasteiger partial charge in [0.2, 0.25) is 0 Å². The molecule has 1 rings (SSSR count). The summed E-state index contributed by atoms with van der Waals surface area (Å²) in [5, 5.41) is 8.77. The third kappa shape index (κ3) is 2.05. The number of nitrogens with two attached hydrogens (primary N) is 1. The number of rotatable bonds is 2. The van der Waals surface area contributed by atoms with E-state index in [1.165, 1.54) is 12.3 Å². The van der Waals surface area contributed by atoms with Crippen LogP contribution in [-0.4, -0.2) is 16.1 Å². The molecule has 0 saturated heterocycles. The van der Waals surface area contributed by atoms with E-state index in [9.17, 15) is 4.79 Å². The fourth-order valence-corrected chi connectivity index (χ4v) is 1.71. The van der Waals surface area contributed by atoms with Crippen LogP contribution in [-0.2, 0) is 0 Å². The van der Waals surface area contributed by atoms with Gasteiger partial charge < -0.3 is 10.8 Å². The summed E-state index contributed by atoms with van der Waals surface area (Å²) in [5.74, 6) is -0.990. The maximum absolute atomic E-state index is 10.7. The SMILES string of the molecule is CC(N)c1nccc(C(=O)O)c1Br. The van der Waals surface area contributed by atoms with Gasteiger partial charge in [0, 0.05) is 12.2 Å². The normalized spacial score (nSPS) is 12.5. The second-order valence-corrected chi connectivity index (χ2v) is 3.44. The minimum Gasteiger partial charge on any atom is -0.478 e. The maximum Gasteiger partial charge on any atom is 0.336 e. The topological polar surface area (TPSA) is 76.2 Å². The summed E-state index contributed by atoms with van der Waals surface area (Å²) in [4.78, 5) is 14.7. The monoisotopic (exact) mass is 244 g/mol. The molecule has 1 aromatic rings. The van der Waals surface area contributed by atoms with Crippen molar-refractivity contribution in [1.29, 1.82) is 0 Å². The fraction of sp³-hybridized carbons (Fsp3) is 0.250. The van der Waals surface area contributed by atoms with Crippen LogP contribution in [0.2, 0.25) is 0 Å². The van der Waals surface area contributed by atoms with Crippen molar-refractivity contribution in [1.82, 2.24) is 4.98 Å². The van der Waals surface area contributed by atoms with Crippen molar-refractivity contribution < 1.29 is 9.90 Å². The van der Waals surface area contributed by atoms with Gasteiger partial charge in [0.25, 0.3) is 0 Å². The number of hydrogen-bond acceptors (Lipinski definition) is 3. The number of carbonyl (C=O) groups is 1. The average molecular weight is 245 g/mol. The van der Waals surface area contributed by atoms with Crippen LogP contribution in [0.4, 0.5) is 0 Å². The Morgan fingerprint density at radius 2 is 2.38 bits per heavy atom. The van der Waals surface area contributed by atoms with Crippen molar-refractivity contribution >= 4 is 21.9 Å². The van der Waals surface area contributed by atoms with E-state index in [0.29, 0.717) is 10.2 Å². The minimum atomic E-state index is -0.990. The van der Waals surface area contributed by atoms with Gasteiger partial charge >= 0.3 is 5.97 Å². The number of carboxylic acids is 1. The highest BCUT2D eigenvalue weighted by Gasteiger charge is 2.14. The first-order chi connectivity index (χ1) is 6.04. The number of nitrogens with zero attached hydrogens (tertiary/aromatic N) is 1. The van der Waals surface area contributed by atoms with Gasteiger partial charge in [-0.25, -0.2) is 4.79 Å². The van der Waals surface area contributed by atoms with E-state index in [-0.39, 0.29) is 11.6 Å². The van der Waals surface area contributed by atoms with E-state index < -0.39 is 5.97 Å². The molecular formula is C8H9BrN2O2. The minimum absolute atomic E-state index is 0.183. The van der Waals surface area contributed by atoms with Crippen LogP contribution < -0.4 is 5.73 Å². The van der Waals surface area contributed by atoms with Gasteiger partial charge in [0.1, 0.15) is 0 Å². The second kappa shape index (κ2) is 3.85. The fourth-order valence-electron chi connectivity index (χ4n) is 0.943. The third-order valence-corrected chi connectivity index (χ3v) is 2.41. The van der Waals surface area contributed by atoms with Gasteiger partial charge in [-0.05, 0) is 28.9 Å². The molecule has 13 heavy (non-hydrogen) atoms. The molecular weight excluding hydrogens is 236 g/mol. The van der Waals surface area contributed by atoms with Crippen LogP contribution >= 0.6 is 15.9 Å². The van der Waals surface area contributed by atoms with Crippen molar-refractivity contribution in [2.45, 2.75) is 13.0 Å². The summed E-state index contributed by atoms with van der Waals surface area (Å²) < 4.78 is 0.456. The zero-order valence-corrected chi connectivity index (χ0v) is 8.58. The highest BCUT2D eigenvalue weighted by atomic mass is 79.9. The van der Waals surface area contributed by atoms with Crippen LogP contribution in [0.5, 0.6) is 0 Å². The first kappa shape index (κ1) is 10.1. The Kier molecular flexibility index (Phi) is 3.00. The molecule has 1 atom stereocenters. The van der Waals surface area contributed by atoms with Crippen molar-refractivity contribution in [2.75, 3.05) is 0 Å². The summed E-state index contributed by atoms with van der Waals surface area (Å²) in [6, 6.07) is 1.15. The molecule has 0 aliphatic rings. The van der Waals surface area contributed by atoms with E-state index in [2.05, 4.69) is 20.9 Å². The molecule has 0 aliphatic heterocycles. The molecule has 0 aliphatic carbocycles. The smallest absolute Gasteiger partial charge is 0.336 e. The van der Waals surface area contributed by atoms with E-state index >= 15 is 0 Å². The number of aromatic nitrogens is 1. The molecule has 4 nitrogen and oxygen atoms in total. The summed E-state index contributed by atoms with van der Waals surface area (Å²) in [7, 11) is 0. The lowest BCUT2D eigenvalue weighted by atomic mass is 10.1. The lowest BCUT2D eigenvalue weighted by Crippen LogP contribution is -2.10. The molecule has 0 amide bonds. The highest BCUT2D eigenvalue weighted by Crippen LogP contribution is 2.23. The van der Waals surface area contributed by atoms with Crippen LogP contribution in [0.25, 0.3) is 0 Å². The van der Waals surface area contributed by atoms with E-state index in [1.807, 2.05) is 0 Å². The Bertz CT molecular complexity index is 339. The Morgan fingerprint density at radius 3 is 2.85 bits per heavy atom. The number of hydrogen-bond donors (Lipinski definition) is 2. The second-order valence-electron chi connectivity index (χ2n) is 2.65. The summed E-state index contributed by atoms with van der Waals surface area (Å²) in [6.07, 6.45) is 1.44. The quantitative estimate of drug-likeness (QED) is 0.828. The van der Waals surface area contributed by atoms with Gasteiger partial charge in [-0.3, -0.25) is 4.98 Å². The van der Waals surface area contributed by atoms with E-state index in [4.69, 9.17) is 10.8 Å². The lowest BCUT2D eigenvalue weighted by Gasteiger charge is -2.08. The number of aromatic carboxylic acids is 1. The van der Waals surface area contributed by atoms with Gasteiger partial charge in [-0.15, -0.1) is 0 Å². The molecule has 0 spiro atoms. The van der Waals surface area contributed by atoms with Gasteiger partial charge in [0.05, 0.1) is 15.7 Å². The summed E-state index contributed by atoms with van der Waals surface area (Å²) in [6.45, 7) is 1.75. The third-order valence-electron chi connectivity index (χ3n) is 1.58. The van der Waals surface area contributed by atoms with Crippen LogP contribution in [0.1, 0.15) is 29.0 Å². The summed E-state index contributed by atoms with van der Waals surface area (Å²) in [5.41, 5.74) is 6.34. The average Bonchev–Trinajstić information content (AvgIpc) is 2.03. The Hall–Kier alpha value is -0.940. The van der Waals surface area contributed by atoms with Crippen LogP contribution in [0.3, 0.4) is 0 Å². The van der Waals surface area contributed by atoms with Crippen LogP contribution in [0.15, 0.2) is 16.7 Å². The zero-order chi connectivity index (χ0) is 10.0. The van der Waals surface area contributed by atoms with Crippen molar-refractivity contribution in [2.24, 2.45) is 5.73 Å². The standard InChI is InChI=1S/C8H9BrN2O2/c1-4(10)7-6(9)5(8(12)13)2-3-11-7/h2-4H,10H2,1H3,(H,12,13). The van der Waals surface area contributed by atoms with E-state index in [0.717, 1.165) is 0 Å². The Labute approximate surface area is 83.9 Å². The van der Waals surface area contributed by atoms with Gasteiger partial charge in [-0.2, -0.15) is 0 Å². The molecule has 0 saturated carbocycles. The lowest BCUT2D eigenvalue weighted by molar-refractivity contribution is 0.0695. The van der Waals surface area contributed by atoms with Crippen LogP contribution in [0, 0.1) is 0 Å². The van der Waals surface area contributed by atoms with Gasteiger partial charge in [-0.1, -0.05) is 0 Å². The first-order valence-electron chi connectivity index (χ1n) is 3.67. The zero-order valence-electron chi connectivity index (χ0n) is 6.99.